The summed E-state index contributed by atoms with van der Waals surface area (Å²) < 4.78 is 7.16. The van der Waals surface area contributed by atoms with E-state index in [-0.39, 0.29) is 12.5 Å². The molecule has 2 aromatic carbocycles. The minimum absolute atomic E-state index is 0.112. The number of rotatable bonds is 5. The SMILES string of the molecule is O=C(COc1ccc2ccccc2c1)Nc1cc(-n2cccn2)ncn1. The molecule has 26 heavy (non-hydrogen) atoms. The Morgan fingerprint density at radius 2 is 1.92 bits per heavy atom. The highest BCUT2D eigenvalue weighted by atomic mass is 16.5. The van der Waals surface area contributed by atoms with Crippen molar-refractivity contribution in [3.63, 3.8) is 0 Å². The molecule has 0 aliphatic rings. The molecule has 0 radical (unpaired) electrons. The second-order valence-electron chi connectivity index (χ2n) is 5.56. The van der Waals surface area contributed by atoms with E-state index in [0.717, 1.165) is 10.8 Å². The van der Waals surface area contributed by atoms with Crippen LogP contribution in [0.5, 0.6) is 5.75 Å². The molecule has 4 rings (SSSR count). The lowest BCUT2D eigenvalue weighted by Gasteiger charge is -2.08. The van der Waals surface area contributed by atoms with Gasteiger partial charge in [0.2, 0.25) is 0 Å². The summed E-state index contributed by atoms with van der Waals surface area (Å²) in [5.74, 6) is 1.29. The molecule has 0 fully saturated rings. The largest absolute Gasteiger partial charge is 0.484 e. The number of hydrogen-bond acceptors (Lipinski definition) is 5. The zero-order chi connectivity index (χ0) is 17.8. The van der Waals surface area contributed by atoms with Gasteiger partial charge in [-0.25, -0.2) is 14.6 Å². The maximum absolute atomic E-state index is 12.1. The fraction of sp³-hybridized carbons (Fsp3) is 0.0526. The maximum Gasteiger partial charge on any atom is 0.263 e. The Bertz CT molecular complexity index is 1050. The number of anilines is 1. The highest BCUT2D eigenvalue weighted by Crippen LogP contribution is 2.20. The molecule has 0 atom stereocenters. The van der Waals surface area contributed by atoms with E-state index in [1.165, 1.54) is 6.33 Å². The monoisotopic (exact) mass is 345 g/mol. The number of benzene rings is 2. The predicted molar refractivity (Wildman–Crippen MR) is 97.2 cm³/mol. The lowest BCUT2D eigenvalue weighted by molar-refractivity contribution is -0.118. The van der Waals surface area contributed by atoms with Crippen LogP contribution < -0.4 is 10.1 Å². The van der Waals surface area contributed by atoms with E-state index in [1.807, 2.05) is 42.5 Å². The molecule has 2 heterocycles. The number of carbonyl (C=O) groups is 1. The average Bonchev–Trinajstić information content (AvgIpc) is 3.21. The molecule has 128 valence electrons. The summed E-state index contributed by atoms with van der Waals surface area (Å²) >= 11 is 0. The summed E-state index contributed by atoms with van der Waals surface area (Å²) in [6.45, 7) is -0.112. The molecule has 7 heteroatoms. The van der Waals surface area contributed by atoms with E-state index in [1.54, 1.807) is 29.2 Å². The van der Waals surface area contributed by atoms with Crippen molar-refractivity contribution in [3.05, 3.63) is 73.3 Å². The van der Waals surface area contributed by atoms with Gasteiger partial charge in [0.15, 0.2) is 12.4 Å². The predicted octanol–water partition coefficient (Wildman–Crippen LogP) is 2.83. The summed E-state index contributed by atoms with van der Waals surface area (Å²) in [5, 5.41) is 8.97. The fourth-order valence-corrected chi connectivity index (χ4v) is 2.53. The van der Waals surface area contributed by atoms with Gasteiger partial charge < -0.3 is 10.1 Å². The van der Waals surface area contributed by atoms with Crippen LogP contribution in [0.2, 0.25) is 0 Å². The molecule has 0 saturated heterocycles. The fourth-order valence-electron chi connectivity index (χ4n) is 2.53. The van der Waals surface area contributed by atoms with Crippen molar-refractivity contribution in [2.24, 2.45) is 0 Å². The van der Waals surface area contributed by atoms with Gasteiger partial charge in [-0.1, -0.05) is 30.3 Å². The Morgan fingerprint density at radius 1 is 1.04 bits per heavy atom. The van der Waals surface area contributed by atoms with Gasteiger partial charge in [-0.3, -0.25) is 4.79 Å². The summed E-state index contributed by atoms with van der Waals surface area (Å²) in [6.07, 6.45) is 4.78. The molecule has 0 spiro atoms. The number of fused-ring (bicyclic) bond motifs is 1. The van der Waals surface area contributed by atoms with E-state index in [0.29, 0.717) is 17.4 Å². The van der Waals surface area contributed by atoms with Gasteiger partial charge in [-0.2, -0.15) is 5.10 Å². The zero-order valence-corrected chi connectivity index (χ0v) is 13.7. The number of amides is 1. The van der Waals surface area contributed by atoms with Crippen molar-refractivity contribution < 1.29 is 9.53 Å². The Kier molecular flexibility index (Phi) is 4.26. The second-order valence-corrected chi connectivity index (χ2v) is 5.56. The van der Waals surface area contributed by atoms with E-state index >= 15 is 0 Å². The van der Waals surface area contributed by atoms with Crippen LogP contribution in [0.3, 0.4) is 0 Å². The molecule has 1 amide bonds. The molecular formula is C19H15N5O2. The highest BCUT2D eigenvalue weighted by molar-refractivity contribution is 5.91. The Labute approximate surface area is 149 Å². The number of nitrogens with one attached hydrogen (secondary N) is 1. The minimum Gasteiger partial charge on any atom is -0.484 e. The molecule has 0 saturated carbocycles. The number of aromatic nitrogens is 4. The van der Waals surface area contributed by atoms with Crippen LogP contribution in [0, 0.1) is 0 Å². The molecule has 0 bridgehead atoms. The zero-order valence-electron chi connectivity index (χ0n) is 13.7. The van der Waals surface area contributed by atoms with Crippen molar-refractivity contribution in [3.8, 4) is 11.6 Å². The van der Waals surface area contributed by atoms with Gasteiger partial charge in [-0.15, -0.1) is 0 Å². The van der Waals surface area contributed by atoms with Crippen molar-refractivity contribution in [1.82, 2.24) is 19.7 Å². The van der Waals surface area contributed by atoms with E-state index in [4.69, 9.17) is 4.74 Å². The molecule has 0 aliphatic carbocycles. The first-order valence-electron chi connectivity index (χ1n) is 8.01. The lowest BCUT2D eigenvalue weighted by Crippen LogP contribution is -2.21. The molecular weight excluding hydrogens is 330 g/mol. The van der Waals surface area contributed by atoms with Gasteiger partial charge >= 0.3 is 0 Å². The summed E-state index contributed by atoms with van der Waals surface area (Å²) in [7, 11) is 0. The van der Waals surface area contributed by atoms with Crippen molar-refractivity contribution in [1.29, 1.82) is 0 Å². The van der Waals surface area contributed by atoms with Gasteiger partial charge in [-0.05, 0) is 29.0 Å². The first kappa shape index (κ1) is 15.8. The summed E-state index contributed by atoms with van der Waals surface area (Å²) in [4.78, 5) is 20.3. The van der Waals surface area contributed by atoms with Gasteiger partial charge in [0, 0.05) is 18.5 Å². The molecule has 4 aromatic rings. The smallest absolute Gasteiger partial charge is 0.263 e. The van der Waals surface area contributed by atoms with Crippen LogP contribution in [0.4, 0.5) is 5.82 Å². The number of ether oxygens (including phenoxy) is 1. The van der Waals surface area contributed by atoms with E-state index in [9.17, 15) is 4.79 Å². The number of carbonyl (C=O) groups excluding carboxylic acids is 1. The lowest BCUT2D eigenvalue weighted by atomic mass is 10.1. The summed E-state index contributed by atoms with van der Waals surface area (Å²) in [5.41, 5.74) is 0. The Morgan fingerprint density at radius 3 is 2.77 bits per heavy atom. The van der Waals surface area contributed by atoms with Crippen molar-refractivity contribution in [2.75, 3.05) is 11.9 Å². The quantitative estimate of drug-likeness (QED) is 0.601. The van der Waals surface area contributed by atoms with E-state index in [2.05, 4.69) is 20.4 Å². The van der Waals surface area contributed by atoms with Gasteiger partial charge in [0.1, 0.15) is 17.9 Å². The minimum atomic E-state index is -0.303. The molecule has 2 aromatic heterocycles. The van der Waals surface area contributed by atoms with Crippen LogP contribution in [-0.4, -0.2) is 32.3 Å². The van der Waals surface area contributed by atoms with Crippen LogP contribution in [0.1, 0.15) is 0 Å². The third-order valence-electron chi connectivity index (χ3n) is 3.75. The third-order valence-corrected chi connectivity index (χ3v) is 3.75. The standard InChI is InChI=1S/C19H15N5O2/c25-19(12-26-16-7-6-14-4-1-2-5-15(14)10-16)23-17-11-18(21-13-20-17)24-9-3-8-22-24/h1-11,13H,12H2,(H,20,21,23,25). The Hall–Kier alpha value is -3.74. The molecule has 0 aliphatic heterocycles. The number of nitrogens with zero attached hydrogens (tertiary/aromatic N) is 4. The normalized spacial score (nSPS) is 10.6. The first-order valence-corrected chi connectivity index (χ1v) is 8.01. The molecule has 0 unspecified atom stereocenters. The summed E-state index contributed by atoms with van der Waals surface area (Å²) in [6, 6.07) is 17.1. The van der Waals surface area contributed by atoms with Crippen molar-refractivity contribution in [2.45, 2.75) is 0 Å². The second kappa shape index (κ2) is 7.02. The van der Waals surface area contributed by atoms with Crippen LogP contribution in [0.25, 0.3) is 16.6 Å². The van der Waals surface area contributed by atoms with Crippen LogP contribution in [-0.2, 0) is 4.79 Å². The maximum atomic E-state index is 12.1. The third kappa shape index (κ3) is 3.51. The van der Waals surface area contributed by atoms with E-state index < -0.39 is 0 Å². The molecule has 1 N–H and O–H groups in total. The van der Waals surface area contributed by atoms with Crippen LogP contribution in [0.15, 0.2) is 73.3 Å². The van der Waals surface area contributed by atoms with Crippen molar-refractivity contribution >= 4 is 22.5 Å². The highest BCUT2D eigenvalue weighted by Gasteiger charge is 2.07. The Balaban J connectivity index is 1.40. The topological polar surface area (TPSA) is 81.9 Å². The van der Waals surface area contributed by atoms with Crippen LogP contribution >= 0.6 is 0 Å². The average molecular weight is 345 g/mol. The number of hydrogen-bond donors (Lipinski definition) is 1. The van der Waals surface area contributed by atoms with Gasteiger partial charge in [0.05, 0.1) is 0 Å². The van der Waals surface area contributed by atoms with Gasteiger partial charge in [0.25, 0.3) is 5.91 Å². The first-order chi connectivity index (χ1) is 12.8. The molecule has 7 nitrogen and oxygen atoms in total.